The van der Waals surface area contributed by atoms with Gasteiger partial charge in [0.25, 0.3) is 0 Å². The van der Waals surface area contributed by atoms with Crippen LogP contribution >= 0.6 is 27.3 Å². The van der Waals surface area contributed by atoms with Crippen LogP contribution in [0.15, 0.2) is 50.8 Å². The van der Waals surface area contributed by atoms with E-state index in [1.165, 1.54) is 5.56 Å². The smallest absolute Gasteiger partial charge is 0.240 e. The maximum atomic E-state index is 5.40. The summed E-state index contributed by atoms with van der Waals surface area (Å²) >= 11 is 5.03. The zero-order chi connectivity index (χ0) is 17.2. The molecule has 24 heavy (non-hydrogen) atoms. The third-order valence-electron chi connectivity index (χ3n) is 3.71. The van der Waals surface area contributed by atoms with Gasteiger partial charge in [0, 0.05) is 15.9 Å². The first-order chi connectivity index (χ1) is 11.4. The Morgan fingerprint density at radius 2 is 2.00 bits per heavy atom. The van der Waals surface area contributed by atoms with Gasteiger partial charge in [-0.15, -0.1) is 11.3 Å². The number of hydrogen-bond acceptors (Lipinski definition) is 5. The number of hydrogen-bond donors (Lipinski definition) is 1. The number of nitrogens with one attached hydrogen (secondary N) is 1. The second kappa shape index (κ2) is 7.17. The molecular weight excluding hydrogens is 386 g/mol. The van der Waals surface area contributed by atoms with E-state index in [0.717, 1.165) is 9.35 Å². The predicted molar refractivity (Wildman–Crippen MR) is 101 cm³/mol. The summed E-state index contributed by atoms with van der Waals surface area (Å²) in [6.45, 7) is 7.20. The average Bonchev–Trinajstić information content (AvgIpc) is 3.16. The molecule has 0 aliphatic carbocycles. The van der Waals surface area contributed by atoms with Crippen LogP contribution in [-0.2, 0) is 6.54 Å². The van der Waals surface area contributed by atoms with Gasteiger partial charge in [0.2, 0.25) is 11.7 Å². The fourth-order valence-electron chi connectivity index (χ4n) is 2.62. The molecule has 0 spiro atoms. The molecule has 0 radical (unpaired) electrons. The normalized spacial score (nSPS) is 13.2. The summed E-state index contributed by atoms with van der Waals surface area (Å²) in [6, 6.07) is 12.6. The summed E-state index contributed by atoms with van der Waals surface area (Å²) in [5, 5.41) is 9.64. The van der Waals surface area contributed by atoms with Crippen molar-refractivity contribution in [1.82, 2.24) is 15.5 Å². The zero-order valence-electron chi connectivity index (χ0n) is 13.9. The zero-order valence-corrected chi connectivity index (χ0v) is 16.3. The summed E-state index contributed by atoms with van der Waals surface area (Å²) in [7, 11) is 0. The first-order valence-electron chi connectivity index (χ1n) is 7.79. The molecule has 1 aromatic carbocycles. The molecule has 0 bridgehead atoms. The van der Waals surface area contributed by atoms with Crippen molar-refractivity contribution in [3.8, 4) is 10.7 Å². The largest absolute Gasteiger partial charge is 0.338 e. The molecule has 6 heteroatoms. The Kier molecular flexibility index (Phi) is 5.18. The van der Waals surface area contributed by atoms with Crippen LogP contribution in [0.25, 0.3) is 10.7 Å². The van der Waals surface area contributed by atoms with Gasteiger partial charge < -0.3 is 9.84 Å². The van der Waals surface area contributed by atoms with Crippen molar-refractivity contribution in [3.05, 3.63) is 57.7 Å². The summed E-state index contributed by atoms with van der Waals surface area (Å²) in [4.78, 5) is 5.48. The van der Waals surface area contributed by atoms with E-state index in [9.17, 15) is 0 Å². The van der Waals surface area contributed by atoms with Gasteiger partial charge in [-0.3, -0.25) is 0 Å². The average molecular weight is 406 g/mol. The lowest BCUT2D eigenvalue weighted by atomic mass is 9.82. The first kappa shape index (κ1) is 17.3. The van der Waals surface area contributed by atoms with E-state index in [0.29, 0.717) is 18.3 Å². The van der Waals surface area contributed by atoms with E-state index in [-0.39, 0.29) is 11.5 Å². The van der Waals surface area contributed by atoms with E-state index >= 15 is 0 Å². The maximum absolute atomic E-state index is 5.40. The number of benzene rings is 1. The van der Waals surface area contributed by atoms with E-state index in [1.54, 1.807) is 11.3 Å². The van der Waals surface area contributed by atoms with Crippen molar-refractivity contribution in [2.45, 2.75) is 33.4 Å². The van der Waals surface area contributed by atoms with Crippen LogP contribution in [0.1, 0.15) is 38.3 Å². The fourth-order valence-corrected chi connectivity index (χ4v) is 3.97. The molecular formula is C18H20BrN3OS. The van der Waals surface area contributed by atoms with Crippen molar-refractivity contribution in [2.75, 3.05) is 0 Å². The van der Waals surface area contributed by atoms with Crippen molar-refractivity contribution in [2.24, 2.45) is 5.41 Å². The Balaban J connectivity index is 1.72. The Morgan fingerprint density at radius 1 is 1.25 bits per heavy atom. The van der Waals surface area contributed by atoms with E-state index < -0.39 is 0 Å². The molecule has 0 aliphatic rings. The lowest BCUT2D eigenvalue weighted by Gasteiger charge is -2.31. The van der Waals surface area contributed by atoms with Gasteiger partial charge in [-0.05, 0) is 33.0 Å². The molecule has 0 saturated heterocycles. The molecule has 0 unspecified atom stereocenters. The van der Waals surface area contributed by atoms with Gasteiger partial charge in [0.15, 0.2) is 0 Å². The second-order valence-electron chi connectivity index (χ2n) is 6.73. The van der Waals surface area contributed by atoms with Gasteiger partial charge >= 0.3 is 0 Å². The van der Waals surface area contributed by atoms with Crippen LogP contribution in [0.4, 0.5) is 0 Å². The van der Waals surface area contributed by atoms with Gasteiger partial charge in [-0.2, -0.15) is 4.98 Å². The summed E-state index contributed by atoms with van der Waals surface area (Å²) in [6.07, 6.45) is 0. The van der Waals surface area contributed by atoms with Crippen LogP contribution in [0.2, 0.25) is 0 Å². The van der Waals surface area contributed by atoms with Crippen LogP contribution in [0.5, 0.6) is 0 Å². The fraction of sp³-hybridized carbons (Fsp3) is 0.333. The minimum atomic E-state index is 0.0722. The lowest BCUT2D eigenvalue weighted by molar-refractivity contribution is 0.257. The van der Waals surface area contributed by atoms with Crippen LogP contribution in [0, 0.1) is 5.41 Å². The molecule has 2 heterocycles. The number of thiophene rings is 1. The lowest BCUT2D eigenvalue weighted by Crippen LogP contribution is -2.32. The molecule has 0 aliphatic heterocycles. The van der Waals surface area contributed by atoms with Crippen molar-refractivity contribution in [1.29, 1.82) is 0 Å². The van der Waals surface area contributed by atoms with E-state index in [4.69, 9.17) is 4.52 Å². The number of rotatable bonds is 5. The summed E-state index contributed by atoms with van der Waals surface area (Å²) in [5.41, 5.74) is 1.33. The third kappa shape index (κ3) is 4.12. The maximum Gasteiger partial charge on any atom is 0.240 e. The Bertz CT molecular complexity index is 792. The van der Waals surface area contributed by atoms with Gasteiger partial charge in [-0.25, -0.2) is 0 Å². The van der Waals surface area contributed by atoms with Crippen LogP contribution in [0.3, 0.4) is 0 Å². The van der Waals surface area contributed by atoms with Gasteiger partial charge in [0.1, 0.15) is 0 Å². The van der Waals surface area contributed by atoms with Crippen LogP contribution in [-0.4, -0.2) is 10.1 Å². The number of halogens is 1. The molecule has 0 fully saturated rings. The number of nitrogens with zero attached hydrogens (tertiary/aromatic N) is 2. The summed E-state index contributed by atoms with van der Waals surface area (Å²) < 4.78 is 6.43. The summed E-state index contributed by atoms with van der Waals surface area (Å²) in [5.74, 6) is 1.23. The number of aromatic nitrogens is 2. The topological polar surface area (TPSA) is 51.0 Å². The molecule has 2 aromatic heterocycles. The Labute approximate surface area is 154 Å². The van der Waals surface area contributed by atoms with E-state index in [2.05, 4.69) is 76.4 Å². The Morgan fingerprint density at radius 3 is 2.62 bits per heavy atom. The van der Waals surface area contributed by atoms with Gasteiger partial charge in [-0.1, -0.05) is 56.3 Å². The molecule has 4 nitrogen and oxygen atoms in total. The highest BCUT2D eigenvalue weighted by atomic mass is 79.9. The molecule has 0 amide bonds. The molecule has 0 saturated carbocycles. The highest BCUT2D eigenvalue weighted by Gasteiger charge is 2.26. The predicted octanol–water partition coefficient (Wildman–Crippen LogP) is 5.44. The molecule has 1 atom stereocenters. The monoisotopic (exact) mass is 405 g/mol. The minimum Gasteiger partial charge on any atom is -0.338 e. The molecule has 3 aromatic rings. The van der Waals surface area contributed by atoms with Crippen molar-refractivity contribution >= 4 is 27.3 Å². The minimum absolute atomic E-state index is 0.0722. The molecule has 1 N–H and O–H groups in total. The molecule has 126 valence electrons. The standard InChI is InChI=1S/C18H20BrN3OS/c1-18(2,3)16(12-7-5-4-6-8-12)20-10-15-21-17(22-23-15)14-9-13(19)11-24-14/h4-9,11,16,20H,10H2,1-3H3/t16-/m1/s1. The SMILES string of the molecule is CC(C)(C)[C@H](NCc1nc(-c2cc(Br)cs2)no1)c1ccccc1. The Hall–Kier alpha value is -1.50. The third-order valence-corrected chi connectivity index (χ3v) is 5.40. The quantitative estimate of drug-likeness (QED) is 0.613. The van der Waals surface area contributed by atoms with Gasteiger partial charge in [0.05, 0.1) is 11.4 Å². The second-order valence-corrected chi connectivity index (χ2v) is 8.56. The highest BCUT2D eigenvalue weighted by molar-refractivity contribution is 9.10. The highest BCUT2D eigenvalue weighted by Crippen LogP contribution is 2.33. The van der Waals surface area contributed by atoms with Crippen molar-refractivity contribution in [3.63, 3.8) is 0 Å². The van der Waals surface area contributed by atoms with E-state index in [1.807, 2.05) is 17.5 Å². The van der Waals surface area contributed by atoms with Crippen molar-refractivity contribution < 1.29 is 4.52 Å². The van der Waals surface area contributed by atoms with Crippen LogP contribution < -0.4 is 5.32 Å². The first-order valence-corrected chi connectivity index (χ1v) is 9.46. The molecule has 3 rings (SSSR count).